The second kappa shape index (κ2) is 6.27. The molecule has 0 atom stereocenters. The van der Waals surface area contributed by atoms with Crippen molar-refractivity contribution in [3.8, 4) is 0 Å². The van der Waals surface area contributed by atoms with Crippen LogP contribution in [0.3, 0.4) is 0 Å². The maximum absolute atomic E-state index is 10.5. The van der Waals surface area contributed by atoms with Gasteiger partial charge in [-0.15, -0.1) is 0 Å². The zero-order valence-electron chi connectivity index (χ0n) is 9.99. The highest BCUT2D eigenvalue weighted by molar-refractivity contribution is 5.73. The van der Waals surface area contributed by atoms with Crippen molar-refractivity contribution in [2.75, 3.05) is 13.1 Å². The van der Waals surface area contributed by atoms with Gasteiger partial charge in [0.1, 0.15) is 0 Å². The molecule has 0 unspecified atom stereocenters. The minimum absolute atomic E-state index is 0.258. The molecule has 0 aliphatic heterocycles. The molecule has 1 aromatic heterocycles. The van der Waals surface area contributed by atoms with Crippen LogP contribution in [-0.4, -0.2) is 28.8 Å². The van der Waals surface area contributed by atoms with Crippen LogP contribution in [0.5, 0.6) is 0 Å². The molecule has 0 saturated carbocycles. The van der Waals surface area contributed by atoms with E-state index in [2.05, 4.69) is 23.4 Å². The highest BCUT2D eigenvalue weighted by atomic mass is 16.1. The number of hydrogen-bond donors (Lipinski definition) is 2. The Balaban J connectivity index is 2.11. The monoisotopic (exact) mass is 224 g/mol. The molecule has 1 amide bonds. The lowest BCUT2D eigenvalue weighted by Crippen LogP contribution is -2.23. The maximum Gasteiger partial charge on any atom is 0.218 e. The number of aryl methyl sites for hydroxylation is 3. The van der Waals surface area contributed by atoms with Gasteiger partial charge in [-0.2, -0.15) is 5.10 Å². The van der Waals surface area contributed by atoms with E-state index in [1.807, 2.05) is 11.6 Å². The predicted octanol–water partition coefficient (Wildman–Crippen LogP) is 0.355. The molecule has 0 aliphatic carbocycles. The fourth-order valence-electron chi connectivity index (χ4n) is 1.59. The Morgan fingerprint density at radius 1 is 1.50 bits per heavy atom. The van der Waals surface area contributed by atoms with Gasteiger partial charge >= 0.3 is 0 Å². The molecule has 0 fully saturated rings. The molecule has 16 heavy (non-hydrogen) atoms. The maximum atomic E-state index is 10.5. The first kappa shape index (κ1) is 12.7. The highest BCUT2D eigenvalue weighted by Crippen LogP contribution is 2.01. The fraction of sp³-hybridized carbons (Fsp3) is 0.636. The first-order chi connectivity index (χ1) is 7.59. The Hall–Kier alpha value is -1.36. The number of rotatable bonds is 7. The van der Waals surface area contributed by atoms with Crippen LogP contribution >= 0.6 is 0 Å². The Morgan fingerprint density at radius 3 is 2.81 bits per heavy atom. The first-order valence-electron chi connectivity index (χ1n) is 5.59. The van der Waals surface area contributed by atoms with Crippen LogP contribution in [0.4, 0.5) is 0 Å². The molecule has 1 aromatic rings. The van der Waals surface area contributed by atoms with E-state index in [-0.39, 0.29) is 5.91 Å². The summed E-state index contributed by atoms with van der Waals surface area (Å²) < 4.78 is 2.01. The number of primary amides is 1. The number of amides is 1. The van der Waals surface area contributed by atoms with E-state index in [0.717, 1.165) is 25.2 Å². The third-order valence-corrected chi connectivity index (χ3v) is 2.38. The van der Waals surface area contributed by atoms with Crippen molar-refractivity contribution in [3.05, 3.63) is 17.5 Å². The van der Waals surface area contributed by atoms with Crippen molar-refractivity contribution < 1.29 is 4.79 Å². The van der Waals surface area contributed by atoms with Crippen LogP contribution in [-0.2, 0) is 11.3 Å². The van der Waals surface area contributed by atoms with E-state index in [4.69, 9.17) is 5.73 Å². The molecule has 1 heterocycles. The van der Waals surface area contributed by atoms with E-state index in [9.17, 15) is 4.79 Å². The Kier molecular flexibility index (Phi) is 4.98. The Morgan fingerprint density at radius 2 is 2.25 bits per heavy atom. The minimum atomic E-state index is -0.258. The molecule has 0 radical (unpaired) electrons. The lowest BCUT2D eigenvalue weighted by Gasteiger charge is -2.05. The summed E-state index contributed by atoms with van der Waals surface area (Å²) in [7, 11) is 0. The molecule has 0 spiro atoms. The lowest BCUT2D eigenvalue weighted by atomic mass is 10.3. The van der Waals surface area contributed by atoms with Crippen molar-refractivity contribution >= 4 is 5.91 Å². The molecule has 0 aliphatic rings. The second-order valence-electron chi connectivity index (χ2n) is 3.97. The van der Waals surface area contributed by atoms with Gasteiger partial charge in [0, 0.05) is 25.2 Å². The standard InChI is InChI=1S/C11H20N4O/c1-9-8-10(2)15(14-9)7-3-5-13-6-4-11(12)16/h8,13H,3-7H2,1-2H3,(H2,12,16). The smallest absolute Gasteiger partial charge is 0.218 e. The molecule has 0 saturated heterocycles. The van der Waals surface area contributed by atoms with Crippen LogP contribution in [0, 0.1) is 13.8 Å². The van der Waals surface area contributed by atoms with E-state index in [0.29, 0.717) is 13.0 Å². The minimum Gasteiger partial charge on any atom is -0.370 e. The number of nitrogens with two attached hydrogens (primary N) is 1. The summed E-state index contributed by atoms with van der Waals surface area (Å²) in [5.41, 5.74) is 7.27. The molecule has 3 N–H and O–H groups in total. The number of carbonyl (C=O) groups excluding carboxylic acids is 1. The number of carbonyl (C=O) groups is 1. The molecule has 1 rings (SSSR count). The molecule has 90 valence electrons. The lowest BCUT2D eigenvalue weighted by molar-refractivity contribution is -0.117. The number of aromatic nitrogens is 2. The molecule has 0 bridgehead atoms. The molecule has 5 heteroatoms. The van der Waals surface area contributed by atoms with E-state index in [1.54, 1.807) is 0 Å². The quantitative estimate of drug-likeness (QED) is 0.657. The zero-order valence-corrected chi connectivity index (χ0v) is 9.99. The van der Waals surface area contributed by atoms with Gasteiger partial charge in [0.15, 0.2) is 0 Å². The van der Waals surface area contributed by atoms with Gasteiger partial charge in [-0.3, -0.25) is 9.48 Å². The molecular weight excluding hydrogens is 204 g/mol. The van der Waals surface area contributed by atoms with Crippen molar-refractivity contribution in [3.63, 3.8) is 0 Å². The van der Waals surface area contributed by atoms with Gasteiger partial charge < -0.3 is 11.1 Å². The van der Waals surface area contributed by atoms with E-state index in [1.165, 1.54) is 5.69 Å². The Labute approximate surface area is 96.0 Å². The van der Waals surface area contributed by atoms with Crippen LogP contribution in [0.1, 0.15) is 24.2 Å². The van der Waals surface area contributed by atoms with Gasteiger partial charge in [0.05, 0.1) is 5.69 Å². The average molecular weight is 224 g/mol. The van der Waals surface area contributed by atoms with Crippen LogP contribution in [0.15, 0.2) is 6.07 Å². The van der Waals surface area contributed by atoms with Crippen molar-refractivity contribution in [1.82, 2.24) is 15.1 Å². The topological polar surface area (TPSA) is 72.9 Å². The summed E-state index contributed by atoms with van der Waals surface area (Å²) in [5, 5.41) is 7.54. The van der Waals surface area contributed by atoms with Crippen molar-refractivity contribution in [1.29, 1.82) is 0 Å². The summed E-state index contributed by atoms with van der Waals surface area (Å²) in [6.07, 6.45) is 1.40. The van der Waals surface area contributed by atoms with Crippen LogP contribution < -0.4 is 11.1 Å². The summed E-state index contributed by atoms with van der Waals surface area (Å²) in [5.74, 6) is -0.258. The van der Waals surface area contributed by atoms with Crippen molar-refractivity contribution in [2.45, 2.75) is 33.2 Å². The van der Waals surface area contributed by atoms with E-state index >= 15 is 0 Å². The number of nitrogens with zero attached hydrogens (tertiary/aromatic N) is 2. The molecular formula is C11H20N4O. The summed E-state index contributed by atoms with van der Waals surface area (Å²) in [6, 6.07) is 2.07. The van der Waals surface area contributed by atoms with Gasteiger partial charge in [0.25, 0.3) is 0 Å². The normalized spacial score (nSPS) is 10.6. The predicted molar refractivity (Wildman–Crippen MR) is 63.0 cm³/mol. The third-order valence-electron chi connectivity index (χ3n) is 2.38. The van der Waals surface area contributed by atoms with E-state index < -0.39 is 0 Å². The largest absolute Gasteiger partial charge is 0.370 e. The van der Waals surface area contributed by atoms with Gasteiger partial charge in [0.2, 0.25) is 5.91 Å². The van der Waals surface area contributed by atoms with Crippen LogP contribution in [0.25, 0.3) is 0 Å². The average Bonchev–Trinajstić information content (AvgIpc) is 2.50. The third kappa shape index (κ3) is 4.44. The van der Waals surface area contributed by atoms with Crippen molar-refractivity contribution in [2.24, 2.45) is 5.73 Å². The van der Waals surface area contributed by atoms with Gasteiger partial charge in [-0.1, -0.05) is 0 Å². The first-order valence-corrected chi connectivity index (χ1v) is 5.59. The highest BCUT2D eigenvalue weighted by Gasteiger charge is 1.99. The summed E-state index contributed by atoms with van der Waals surface area (Å²) in [4.78, 5) is 10.5. The summed E-state index contributed by atoms with van der Waals surface area (Å²) >= 11 is 0. The summed E-state index contributed by atoms with van der Waals surface area (Å²) in [6.45, 7) is 6.50. The SMILES string of the molecule is Cc1cc(C)n(CCCNCCC(N)=O)n1. The van der Waals surface area contributed by atoms with Gasteiger partial charge in [-0.25, -0.2) is 0 Å². The van der Waals surface area contributed by atoms with Crippen LogP contribution in [0.2, 0.25) is 0 Å². The molecule has 0 aromatic carbocycles. The second-order valence-corrected chi connectivity index (χ2v) is 3.97. The molecule has 5 nitrogen and oxygen atoms in total. The Bertz CT molecular complexity index is 346. The van der Waals surface area contributed by atoms with Gasteiger partial charge in [-0.05, 0) is 32.9 Å². The number of hydrogen-bond acceptors (Lipinski definition) is 3. The zero-order chi connectivity index (χ0) is 12.0. The fourth-order valence-corrected chi connectivity index (χ4v) is 1.59. The number of nitrogens with one attached hydrogen (secondary N) is 1.